The fourth-order valence-electron chi connectivity index (χ4n) is 3.69. The number of fused-ring (bicyclic) bond motifs is 2. The number of nitrogens with one attached hydrogen (secondary N) is 1. The number of rotatable bonds is 4. The van der Waals surface area contributed by atoms with Gasteiger partial charge < -0.3 is 10.1 Å². The van der Waals surface area contributed by atoms with Crippen molar-refractivity contribution < 1.29 is 14.5 Å². The quantitative estimate of drug-likeness (QED) is 0.682. The Morgan fingerprint density at radius 1 is 1.38 bits per heavy atom. The largest absolute Gasteiger partial charge is 0.496 e. The molecule has 2 saturated carbocycles. The molecule has 112 valence electrons. The number of hydrogen-bond donors (Lipinski definition) is 1. The minimum atomic E-state index is -0.501. The molecule has 6 nitrogen and oxygen atoms in total. The van der Waals surface area contributed by atoms with Gasteiger partial charge in [0.2, 0.25) is 5.91 Å². The summed E-state index contributed by atoms with van der Waals surface area (Å²) in [5, 5.41) is 13.9. The van der Waals surface area contributed by atoms with Crippen molar-refractivity contribution in [1.82, 2.24) is 0 Å². The van der Waals surface area contributed by atoms with Crippen molar-refractivity contribution in [2.45, 2.75) is 25.7 Å². The first-order chi connectivity index (χ1) is 10.1. The second-order valence-corrected chi connectivity index (χ2v) is 5.91. The van der Waals surface area contributed by atoms with Gasteiger partial charge in [-0.05, 0) is 43.2 Å². The number of carbonyl (C=O) groups excluding carboxylic acids is 1. The number of hydrogen-bond acceptors (Lipinski definition) is 4. The molecule has 6 heteroatoms. The van der Waals surface area contributed by atoms with Gasteiger partial charge in [-0.3, -0.25) is 14.9 Å². The fourth-order valence-corrected chi connectivity index (χ4v) is 3.69. The van der Waals surface area contributed by atoms with Crippen molar-refractivity contribution in [3.8, 4) is 5.75 Å². The number of ether oxygens (including phenoxy) is 1. The molecule has 2 fully saturated rings. The lowest BCUT2D eigenvalue weighted by Crippen LogP contribution is -2.27. The lowest BCUT2D eigenvalue weighted by atomic mass is 9.88. The summed E-state index contributed by atoms with van der Waals surface area (Å²) in [6.07, 6.45) is 4.37. The SMILES string of the molecule is COc1ccc(NC(=O)[C@@H]2C[C@@H]3CC[C@@H]2C3)c([N+](=O)[O-])c1. The number of carbonyl (C=O) groups is 1. The first kappa shape index (κ1) is 13.9. The van der Waals surface area contributed by atoms with Gasteiger partial charge in [-0.25, -0.2) is 0 Å². The van der Waals surface area contributed by atoms with E-state index in [1.54, 1.807) is 6.07 Å². The van der Waals surface area contributed by atoms with E-state index in [2.05, 4.69) is 5.32 Å². The summed E-state index contributed by atoms with van der Waals surface area (Å²) < 4.78 is 4.99. The summed E-state index contributed by atoms with van der Waals surface area (Å²) in [5.74, 6) is 1.43. The molecule has 0 aliphatic heterocycles. The van der Waals surface area contributed by atoms with Crippen LogP contribution in [-0.2, 0) is 4.79 Å². The lowest BCUT2D eigenvalue weighted by Gasteiger charge is -2.20. The first-order valence-corrected chi connectivity index (χ1v) is 7.21. The Labute approximate surface area is 122 Å². The predicted octanol–water partition coefficient (Wildman–Crippen LogP) is 2.98. The number of nitro groups is 1. The van der Waals surface area contributed by atoms with E-state index < -0.39 is 4.92 Å². The Morgan fingerprint density at radius 2 is 2.19 bits per heavy atom. The molecule has 21 heavy (non-hydrogen) atoms. The van der Waals surface area contributed by atoms with Crippen molar-refractivity contribution in [3.05, 3.63) is 28.3 Å². The van der Waals surface area contributed by atoms with Gasteiger partial charge in [0.15, 0.2) is 0 Å². The number of anilines is 1. The summed E-state index contributed by atoms with van der Waals surface area (Å²) in [5.41, 5.74) is 0.111. The van der Waals surface area contributed by atoms with Crippen molar-refractivity contribution in [2.75, 3.05) is 12.4 Å². The second kappa shape index (κ2) is 5.35. The van der Waals surface area contributed by atoms with Crippen LogP contribution in [0.15, 0.2) is 18.2 Å². The zero-order valence-corrected chi connectivity index (χ0v) is 11.9. The molecule has 3 atom stereocenters. The van der Waals surface area contributed by atoms with Crippen molar-refractivity contribution in [3.63, 3.8) is 0 Å². The molecule has 2 bridgehead atoms. The Bertz CT molecular complexity index is 587. The third kappa shape index (κ3) is 2.57. The molecule has 0 radical (unpaired) electrons. The predicted molar refractivity (Wildman–Crippen MR) is 77.2 cm³/mol. The topological polar surface area (TPSA) is 81.5 Å². The van der Waals surface area contributed by atoms with Crippen LogP contribution in [0.2, 0.25) is 0 Å². The maximum Gasteiger partial charge on any atom is 0.296 e. The minimum absolute atomic E-state index is 0.00505. The minimum Gasteiger partial charge on any atom is -0.496 e. The molecule has 1 aromatic rings. The van der Waals surface area contributed by atoms with E-state index in [-0.39, 0.29) is 23.2 Å². The summed E-state index contributed by atoms with van der Waals surface area (Å²) in [4.78, 5) is 23.0. The number of nitro benzene ring substituents is 1. The van der Waals surface area contributed by atoms with Gasteiger partial charge in [0.1, 0.15) is 11.4 Å². The zero-order chi connectivity index (χ0) is 15.0. The molecule has 0 saturated heterocycles. The highest BCUT2D eigenvalue weighted by molar-refractivity contribution is 5.95. The van der Waals surface area contributed by atoms with Gasteiger partial charge in [-0.15, -0.1) is 0 Å². The van der Waals surface area contributed by atoms with Gasteiger partial charge in [0.05, 0.1) is 18.1 Å². The Hall–Kier alpha value is -2.11. The highest BCUT2D eigenvalue weighted by atomic mass is 16.6. The first-order valence-electron chi connectivity index (χ1n) is 7.21. The van der Waals surface area contributed by atoms with E-state index >= 15 is 0 Å². The third-order valence-corrected chi connectivity index (χ3v) is 4.73. The maximum atomic E-state index is 12.4. The zero-order valence-electron chi connectivity index (χ0n) is 11.9. The molecule has 0 unspecified atom stereocenters. The summed E-state index contributed by atoms with van der Waals surface area (Å²) >= 11 is 0. The van der Waals surface area contributed by atoms with Crippen molar-refractivity contribution >= 4 is 17.3 Å². The molecular weight excluding hydrogens is 272 g/mol. The van der Waals surface area contributed by atoms with Crippen LogP contribution in [0.4, 0.5) is 11.4 Å². The molecule has 2 aliphatic carbocycles. The summed E-state index contributed by atoms with van der Waals surface area (Å²) in [6.45, 7) is 0. The highest BCUT2D eigenvalue weighted by Gasteiger charge is 2.43. The van der Waals surface area contributed by atoms with Crippen LogP contribution >= 0.6 is 0 Å². The summed E-state index contributed by atoms with van der Waals surface area (Å²) in [7, 11) is 1.45. The monoisotopic (exact) mass is 290 g/mol. The normalized spacial score (nSPS) is 26.6. The molecule has 0 heterocycles. The van der Waals surface area contributed by atoms with Crippen LogP contribution < -0.4 is 10.1 Å². The van der Waals surface area contributed by atoms with Gasteiger partial charge in [0.25, 0.3) is 5.69 Å². The van der Waals surface area contributed by atoms with Gasteiger partial charge >= 0.3 is 0 Å². The second-order valence-electron chi connectivity index (χ2n) is 5.91. The molecule has 1 aromatic carbocycles. The van der Waals surface area contributed by atoms with Crippen LogP contribution in [0, 0.1) is 27.9 Å². The Balaban J connectivity index is 1.78. The smallest absolute Gasteiger partial charge is 0.296 e. The molecule has 2 aliphatic rings. The fraction of sp³-hybridized carbons (Fsp3) is 0.533. The van der Waals surface area contributed by atoms with E-state index in [0.717, 1.165) is 19.3 Å². The molecule has 1 amide bonds. The van der Waals surface area contributed by atoms with E-state index in [0.29, 0.717) is 17.6 Å². The van der Waals surface area contributed by atoms with Gasteiger partial charge in [-0.2, -0.15) is 0 Å². The lowest BCUT2D eigenvalue weighted by molar-refractivity contribution is -0.384. The number of methoxy groups -OCH3 is 1. The van der Waals surface area contributed by atoms with E-state index in [1.807, 2.05) is 0 Å². The molecule has 0 aromatic heterocycles. The number of nitrogens with zero attached hydrogens (tertiary/aromatic N) is 1. The number of amides is 1. The molecule has 0 spiro atoms. The Morgan fingerprint density at radius 3 is 2.76 bits per heavy atom. The number of benzene rings is 1. The Kier molecular flexibility index (Phi) is 3.53. The van der Waals surface area contributed by atoms with Gasteiger partial charge in [-0.1, -0.05) is 6.42 Å². The molecular formula is C15H18N2O4. The molecule has 3 rings (SSSR count). The summed E-state index contributed by atoms with van der Waals surface area (Å²) in [6, 6.07) is 4.47. The van der Waals surface area contributed by atoms with E-state index in [1.165, 1.54) is 25.7 Å². The van der Waals surface area contributed by atoms with Crippen LogP contribution in [0.3, 0.4) is 0 Å². The van der Waals surface area contributed by atoms with Crippen LogP contribution in [0.25, 0.3) is 0 Å². The third-order valence-electron chi connectivity index (χ3n) is 4.73. The average molecular weight is 290 g/mol. The van der Waals surface area contributed by atoms with E-state index in [4.69, 9.17) is 4.74 Å². The van der Waals surface area contributed by atoms with Crippen molar-refractivity contribution in [2.24, 2.45) is 17.8 Å². The van der Waals surface area contributed by atoms with Crippen LogP contribution in [0.5, 0.6) is 5.75 Å². The van der Waals surface area contributed by atoms with E-state index in [9.17, 15) is 14.9 Å². The standard InChI is InChI=1S/C15H18N2O4/c1-21-11-4-5-13(14(8-11)17(19)20)16-15(18)12-7-9-2-3-10(12)6-9/h4-5,8-10,12H,2-3,6-7H2,1H3,(H,16,18)/t9-,10-,12-/m1/s1. The average Bonchev–Trinajstić information content (AvgIpc) is 3.10. The van der Waals surface area contributed by atoms with Gasteiger partial charge in [0, 0.05) is 5.92 Å². The van der Waals surface area contributed by atoms with Crippen LogP contribution in [0.1, 0.15) is 25.7 Å². The van der Waals surface area contributed by atoms with Crippen molar-refractivity contribution in [1.29, 1.82) is 0 Å². The molecule has 1 N–H and O–H groups in total. The highest BCUT2D eigenvalue weighted by Crippen LogP contribution is 2.48. The van der Waals surface area contributed by atoms with Crippen LogP contribution in [-0.4, -0.2) is 17.9 Å². The maximum absolute atomic E-state index is 12.4.